The molecule has 0 aromatic heterocycles. The molecular weight excluding hydrogens is 98.1 g/mol. The summed E-state index contributed by atoms with van der Waals surface area (Å²) in [6, 6.07) is 0. The summed E-state index contributed by atoms with van der Waals surface area (Å²) in [6.07, 6.45) is 8.88. The van der Waals surface area contributed by atoms with Crippen molar-refractivity contribution in [3.8, 4) is 0 Å². The lowest BCUT2D eigenvalue weighted by molar-refractivity contribution is 1.26. The number of hydrogen-bond acceptors (Lipinski definition) is 1. The van der Waals surface area contributed by atoms with E-state index in [0.29, 0.717) is 0 Å². The monoisotopic (exact) mass is 107 g/mol. The molecule has 42 valence electrons. The van der Waals surface area contributed by atoms with Crippen molar-refractivity contribution in [1.29, 1.82) is 0 Å². The third kappa shape index (κ3) is 1.06. The number of nitrogens with zero attached hydrogens (tertiary/aromatic N) is 1. The van der Waals surface area contributed by atoms with Gasteiger partial charge in [0.25, 0.3) is 0 Å². The van der Waals surface area contributed by atoms with Gasteiger partial charge in [-0.2, -0.15) is 0 Å². The van der Waals surface area contributed by atoms with Crippen LogP contribution in [0.2, 0.25) is 0 Å². The molecule has 0 fully saturated rings. The average Bonchev–Trinajstić information content (AvgIpc) is 1.90. The highest BCUT2D eigenvalue weighted by atomic mass is 14.7. The predicted octanol–water partition coefficient (Wildman–Crippen LogP) is 1.92. The van der Waals surface area contributed by atoms with E-state index in [4.69, 9.17) is 0 Å². The molecule has 0 bridgehead atoms. The molecule has 0 spiro atoms. The lowest BCUT2D eigenvalue weighted by Gasteiger charge is -1.96. The van der Waals surface area contributed by atoms with E-state index in [9.17, 15) is 0 Å². The van der Waals surface area contributed by atoms with Crippen molar-refractivity contribution in [2.75, 3.05) is 0 Å². The SMILES string of the molecule is CC=C1C=NC=CC1. The van der Waals surface area contributed by atoms with Gasteiger partial charge in [0, 0.05) is 12.4 Å². The van der Waals surface area contributed by atoms with E-state index in [2.05, 4.69) is 17.1 Å². The van der Waals surface area contributed by atoms with Crippen molar-refractivity contribution >= 4 is 6.21 Å². The van der Waals surface area contributed by atoms with Gasteiger partial charge in [-0.3, -0.25) is 4.99 Å². The minimum Gasteiger partial charge on any atom is -0.265 e. The highest BCUT2D eigenvalue weighted by molar-refractivity contribution is 5.80. The molecule has 0 N–H and O–H groups in total. The topological polar surface area (TPSA) is 12.4 Å². The predicted molar refractivity (Wildman–Crippen MR) is 36.0 cm³/mol. The molecule has 0 saturated carbocycles. The average molecular weight is 107 g/mol. The molecule has 1 rings (SSSR count). The van der Waals surface area contributed by atoms with Gasteiger partial charge in [0.05, 0.1) is 0 Å². The van der Waals surface area contributed by atoms with E-state index in [1.54, 1.807) is 0 Å². The molecule has 0 aliphatic carbocycles. The molecule has 1 aliphatic rings. The second kappa shape index (κ2) is 2.46. The molecule has 1 nitrogen and oxygen atoms in total. The molecule has 0 aromatic rings. The van der Waals surface area contributed by atoms with E-state index in [1.807, 2.05) is 19.3 Å². The Morgan fingerprint density at radius 2 is 2.62 bits per heavy atom. The smallest absolute Gasteiger partial charge is 0.0299 e. The Morgan fingerprint density at radius 3 is 3.00 bits per heavy atom. The summed E-state index contributed by atoms with van der Waals surface area (Å²) in [7, 11) is 0. The maximum Gasteiger partial charge on any atom is 0.0299 e. The summed E-state index contributed by atoms with van der Waals surface area (Å²) in [6.45, 7) is 2.03. The Balaban J connectivity index is 2.66. The van der Waals surface area contributed by atoms with Crippen molar-refractivity contribution < 1.29 is 0 Å². The van der Waals surface area contributed by atoms with E-state index >= 15 is 0 Å². The summed E-state index contributed by atoms with van der Waals surface area (Å²) >= 11 is 0. The molecular formula is C7H9N. The van der Waals surface area contributed by atoms with Gasteiger partial charge in [-0.05, 0) is 18.9 Å². The second-order valence-electron chi connectivity index (χ2n) is 1.73. The number of hydrogen-bond donors (Lipinski definition) is 0. The van der Waals surface area contributed by atoms with Crippen LogP contribution in [0.1, 0.15) is 13.3 Å². The molecule has 1 aliphatic heterocycles. The normalized spacial score (nSPS) is 22.4. The van der Waals surface area contributed by atoms with Gasteiger partial charge in [0.2, 0.25) is 0 Å². The van der Waals surface area contributed by atoms with Crippen LogP contribution in [-0.2, 0) is 0 Å². The standard InChI is InChI=1S/C7H9N/c1-2-7-4-3-5-8-6-7/h2-3,5-6H,4H2,1H3. The molecule has 0 unspecified atom stereocenters. The first-order valence-electron chi connectivity index (χ1n) is 2.77. The fourth-order valence-electron chi connectivity index (χ4n) is 0.634. The van der Waals surface area contributed by atoms with Gasteiger partial charge < -0.3 is 0 Å². The summed E-state index contributed by atoms with van der Waals surface area (Å²) in [4.78, 5) is 3.96. The Bertz CT molecular complexity index is 152. The Labute approximate surface area is 49.4 Å². The van der Waals surface area contributed by atoms with Gasteiger partial charge in [0.1, 0.15) is 0 Å². The van der Waals surface area contributed by atoms with Gasteiger partial charge in [-0.1, -0.05) is 12.2 Å². The first kappa shape index (κ1) is 5.29. The van der Waals surface area contributed by atoms with E-state index < -0.39 is 0 Å². The fourth-order valence-corrected chi connectivity index (χ4v) is 0.634. The van der Waals surface area contributed by atoms with Crippen molar-refractivity contribution in [1.82, 2.24) is 0 Å². The zero-order chi connectivity index (χ0) is 5.82. The Kier molecular flexibility index (Phi) is 1.62. The third-order valence-corrected chi connectivity index (χ3v) is 1.16. The maximum absolute atomic E-state index is 3.96. The zero-order valence-electron chi connectivity index (χ0n) is 4.96. The fraction of sp³-hybridized carbons (Fsp3) is 0.286. The maximum atomic E-state index is 3.96. The van der Waals surface area contributed by atoms with Crippen LogP contribution in [0.5, 0.6) is 0 Å². The molecule has 0 atom stereocenters. The van der Waals surface area contributed by atoms with E-state index in [-0.39, 0.29) is 0 Å². The van der Waals surface area contributed by atoms with Crippen LogP contribution in [0.3, 0.4) is 0 Å². The molecule has 0 aromatic carbocycles. The summed E-state index contributed by atoms with van der Waals surface area (Å²) < 4.78 is 0. The third-order valence-electron chi connectivity index (χ3n) is 1.16. The minimum atomic E-state index is 1.04. The van der Waals surface area contributed by atoms with Crippen molar-refractivity contribution in [2.24, 2.45) is 4.99 Å². The van der Waals surface area contributed by atoms with Gasteiger partial charge >= 0.3 is 0 Å². The van der Waals surface area contributed by atoms with Crippen LogP contribution >= 0.6 is 0 Å². The quantitative estimate of drug-likeness (QED) is 0.448. The minimum absolute atomic E-state index is 1.04. The molecule has 1 heteroatoms. The van der Waals surface area contributed by atoms with Crippen molar-refractivity contribution in [3.05, 3.63) is 23.9 Å². The van der Waals surface area contributed by atoms with Crippen LogP contribution in [0, 0.1) is 0 Å². The summed E-state index contributed by atoms with van der Waals surface area (Å²) in [5.74, 6) is 0. The zero-order valence-corrected chi connectivity index (χ0v) is 4.96. The van der Waals surface area contributed by atoms with Gasteiger partial charge in [-0.15, -0.1) is 0 Å². The van der Waals surface area contributed by atoms with Crippen LogP contribution in [0.15, 0.2) is 28.9 Å². The second-order valence-corrected chi connectivity index (χ2v) is 1.73. The van der Waals surface area contributed by atoms with Crippen LogP contribution in [0.25, 0.3) is 0 Å². The largest absolute Gasteiger partial charge is 0.265 e. The van der Waals surface area contributed by atoms with Gasteiger partial charge in [-0.25, -0.2) is 0 Å². The Morgan fingerprint density at radius 1 is 1.75 bits per heavy atom. The number of rotatable bonds is 0. The highest BCUT2D eigenvalue weighted by Gasteiger charge is 1.89. The summed E-state index contributed by atoms with van der Waals surface area (Å²) in [5, 5.41) is 0. The van der Waals surface area contributed by atoms with Crippen molar-refractivity contribution in [2.45, 2.75) is 13.3 Å². The molecule has 0 radical (unpaired) electrons. The number of aliphatic imine (C=N–C) groups is 1. The van der Waals surface area contributed by atoms with Crippen LogP contribution in [0.4, 0.5) is 0 Å². The van der Waals surface area contributed by atoms with Crippen molar-refractivity contribution in [3.63, 3.8) is 0 Å². The highest BCUT2D eigenvalue weighted by Crippen LogP contribution is 2.03. The molecule has 0 amide bonds. The first-order chi connectivity index (χ1) is 3.93. The first-order valence-corrected chi connectivity index (χ1v) is 2.77. The Hall–Kier alpha value is -0.850. The molecule has 0 saturated heterocycles. The lowest BCUT2D eigenvalue weighted by Crippen LogP contribution is -1.84. The number of allylic oxidation sites excluding steroid dienone is 3. The molecule has 1 heterocycles. The van der Waals surface area contributed by atoms with E-state index in [0.717, 1.165) is 6.42 Å². The van der Waals surface area contributed by atoms with E-state index in [1.165, 1.54) is 5.57 Å². The lowest BCUT2D eigenvalue weighted by atomic mass is 10.2. The van der Waals surface area contributed by atoms with Crippen LogP contribution in [-0.4, -0.2) is 6.21 Å². The summed E-state index contributed by atoms with van der Waals surface area (Å²) in [5.41, 5.74) is 1.30. The molecule has 8 heavy (non-hydrogen) atoms. The van der Waals surface area contributed by atoms with Gasteiger partial charge in [0.15, 0.2) is 0 Å². The van der Waals surface area contributed by atoms with Crippen LogP contribution < -0.4 is 0 Å².